The summed E-state index contributed by atoms with van der Waals surface area (Å²) < 4.78 is 16.6. The summed E-state index contributed by atoms with van der Waals surface area (Å²) in [6.07, 6.45) is 0.752. The predicted molar refractivity (Wildman–Crippen MR) is 66.6 cm³/mol. The van der Waals surface area contributed by atoms with E-state index in [1.165, 1.54) is 6.07 Å². The Morgan fingerprint density at radius 2 is 2.24 bits per heavy atom. The number of rotatable bonds is 7. The van der Waals surface area contributed by atoms with Gasteiger partial charge in [0.15, 0.2) is 0 Å². The fourth-order valence-electron chi connectivity index (χ4n) is 1.42. The Balaban J connectivity index is 2.53. The molecule has 0 fully saturated rings. The summed E-state index contributed by atoms with van der Waals surface area (Å²) >= 11 is 0. The fraction of sp³-hybridized carbons (Fsp3) is 0.417. The Morgan fingerprint density at radius 3 is 2.88 bits per heavy atom. The van der Waals surface area contributed by atoms with E-state index >= 15 is 0 Å². The second kappa shape index (κ2) is 7.19. The molecule has 1 atom stereocenters. The quantitative estimate of drug-likeness (QED) is 0.754. The number of carboxylic acid groups (broad SMARTS) is 1. The van der Waals surface area contributed by atoms with E-state index in [9.17, 15) is 9.00 Å². The van der Waals surface area contributed by atoms with E-state index in [2.05, 4.69) is 0 Å². The molecule has 0 aliphatic carbocycles. The molecule has 5 heteroatoms. The van der Waals surface area contributed by atoms with Crippen LogP contribution < -0.4 is 0 Å². The summed E-state index contributed by atoms with van der Waals surface area (Å²) in [6.45, 7) is 0.598. The molecular weight excluding hydrogens is 240 g/mol. The molecule has 0 aliphatic heterocycles. The van der Waals surface area contributed by atoms with Crippen LogP contribution in [0.25, 0.3) is 0 Å². The van der Waals surface area contributed by atoms with Gasteiger partial charge in [-0.1, -0.05) is 12.1 Å². The van der Waals surface area contributed by atoms with Crippen molar-refractivity contribution in [3.63, 3.8) is 0 Å². The van der Waals surface area contributed by atoms with Crippen LogP contribution in [0.4, 0.5) is 0 Å². The molecule has 0 radical (unpaired) electrons. The molecule has 17 heavy (non-hydrogen) atoms. The van der Waals surface area contributed by atoms with E-state index in [0.717, 1.165) is 12.0 Å². The van der Waals surface area contributed by atoms with Crippen LogP contribution in [0.5, 0.6) is 0 Å². The van der Waals surface area contributed by atoms with E-state index in [0.29, 0.717) is 18.1 Å². The Morgan fingerprint density at radius 1 is 1.47 bits per heavy atom. The smallest absolute Gasteiger partial charge is 0.335 e. The highest BCUT2D eigenvalue weighted by Crippen LogP contribution is 2.08. The Hall–Kier alpha value is -1.20. The molecule has 0 aromatic heterocycles. The first kappa shape index (κ1) is 13.9. The summed E-state index contributed by atoms with van der Waals surface area (Å²) in [6, 6.07) is 6.56. The highest BCUT2D eigenvalue weighted by Gasteiger charge is 2.06. The van der Waals surface area contributed by atoms with E-state index in [-0.39, 0.29) is 5.56 Å². The van der Waals surface area contributed by atoms with Gasteiger partial charge >= 0.3 is 5.97 Å². The molecule has 4 nitrogen and oxygen atoms in total. The van der Waals surface area contributed by atoms with Crippen molar-refractivity contribution in [3.05, 3.63) is 35.4 Å². The van der Waals surface area contributed by atoms with Gasteiger partial charge in [-0.2, -0.15) is 0 Å². The molecule has 1 rings (SSSR count). The number of aromatic carboxylic acids is 1. The molecule has 0 saturated carbocycles. The Kier molecular flexibility index (Phi) is 5.86. The zero-order valence-electron chi connectivity index (χ0n) is 9.72. The molecule has 0 bridgehead atoms. The van der Waals surface area contributed by atoms with E-state index < -0.39 is 16.8 Å². The van der Waals surface area contributed by atoms with Crippen LogP contribution in [0, 0.1) is 0 Å². The van der Waals surface area contributed by atoms with Crippen LogP contribution in [0.15, 0.2) is 24.3 Å². The van der Waals surface area contributed by atoms with Gasteiger partial charge in [0.2, 0.25) is 0 Å². The maximum Gasteiger partial charge on any atom is 0.335 e. The average Bonchev–Trinajstić information content (AvgIpc) is 2.29. The van der Waals surface area contributed by atoms with Crippen molar-refractivity contribution < 1.29 is 18.8 Å². The number of hydrogen-bond acceptors (Lipinski definition) is 3. The summed E-state index contributed by atoms with van der Waals surface area (Å²) in [5.41, 5.74) is 1.03. The number of ether oxygens (including phenoxy) is 1. The fourth-order valence-corrected chi connectivity index (χ4v) is 2.55. The topological polar surface area (TPSA) is 63.6 Å². The maximum atomic E-state index is 11.7. The lowest BCUT2D eigenvalue weighted by atomic mass is 10.1. The molecule has 1 unspecified atom stereocenters. The molecule has 1 aromatic carbocycles. The standard InChI is InChI=1S/C12H16O4S/c1-16-6-3-7-17(15)9-10-4-2-5-11(8-10)12(13)14/h2,4-5,8H,3,6-7,9H2,1H3,(H,13,14). The summed E-state index contributed by atoms with van der Waals surface area (Å²) in [7, 11) is 0.643. The van der Waals surface area contributed by atoms with Gasteiger partial charge in [0, 0.05) is 36.0 Å². The molecule has 0 heterocycles. The van der Waals surface area contributed by atoms with E-state index in [1.54, 1.807) is 25.3 Å². The van der Waals surface area contributed by atoms with Gasteiger partial charge in [-0.15, -0.1) is 0 Å². The first-order chi connectivity index (χ1) is 8.13. The van der Waals surface area contributed by atoms with Crippen LogP contribution in [-0.2, 0) is 21.3 Å². The second-order valence-corrected chi connectivity index (χ2v) is 5.22. The minimum absolute atomic E-state index is 0.233. The Bertz CT molecular complexity index is 403. The zero-order valence-corrected chi connectivity index (χ0v) is 10.5. The minimum Gasteiger partial charge on any atom is -0.478 e. The molecular formula is C12H16O4S. The molecule has 1 N–H and O–H groups in total. The van der Waals surface area contributed by atoms with Crippen LogP contribution in [-0.4, -0.2) is 34.8 Å². The summed E-state index contributed by atoms with van der Waals surface area (Å²) in [5.74, 6) is 0.00713. The summed E-state index contributed by atoms with van der Waals surface area (Å²) in [5, 5.41) is 8.82. The van der Waals surface area contributed by atoms with Crippen LogP contribution in [0.3, 0.4) is 0 Å². The number of carbonyl (C=O) groups is 1. The third-order valence-electron chi connectivity index (χ3n) is 2.22. The Labute approximate surface area is 103 Å². The number of methoxy groups -OCH3 is 1. The number of carboxylic acids is 1. The zero-order chi connectivity index (χ0) is 12.7. The lowest BCUT2D eigenvalue weighted by Crippen LogP contribution is -2.05. The predicted octanol–water partition coefficient (Wildman–Crippen LogP) is 1.67. The van der Waals surface area contributed by atoms with Gasteiger partial charge in [0.05, 0.1) is 5.56 Å². The van der Waals surface area contributed by atoms with Gasteiger partial charge in [-0.3, -0.25) is 4.21 Å². The van der Waals surface area contributed by atoms with Crippen molar-refractivity contribution in [2.75, 3.05) is 19.5 Å². The molecule has 94 valence electrons. The largest absolute Gasteiger partial charge is 0.478 e. The second-order valence-electron chi connectivity index (χ2n) is 3.64. The number of hydrogen-bond donors (Lipinski definition) is 1. The van der Waals surface area contributed by atoms with Crippen molar-refractivity contribution in [1.82, 2.24) is 0 Å². The molecule has 1 aromatic rings. The van der Waals surface area contributed by atoms with Crippen molar-refractivity contribution in [2.24, 2.45) is 0 Å². The van der Waals surface area contributed by atoms with E-state index in [1.807, 2.05) is 0 Å². The average molecular weight is 256 g/mol. The van der Waals surface area contributed by atoms with Crippen molar-refractivity contribution in [3.8, 4) is 0 Å². The van der Waals surface area contributed by atoms with Gasteiger partial charge in [-0.25, -0.2) is 4.79 Å². The molecule has 0 saturated heterocycles. The lowest BCUT2D eigenvalue weighted by Gasteiger charge is -2.03. The highest BCUT2D eigenvalue weighted by molar-refractivity contribution is 7.84. The SMILES string of the molecule is COCCCS(=O)Cc1cccc(C(=O)O)c1. The normalized spacial score (nSPS) is 12.3. The van der Waals surface area contributed by atoms with Gasteiger partial charge < -0.3 is 9.84 Å². The van der Waals surface area contributed by atoms with Gasteiger partial charge in [0.25, 0.3) is 0 Å². The van der Waals surface area contributed by atoms with Crippen LogP contribution in [0.1, 0.15) is 22.3 Å². The number of benzene rings is 1. The third kappa shape index (κ3) is 5.10. The first-order valence-corrected chi connectivity index (χ1v) is 6.78. The van der Waals surface area contributed by atoms with Crippen molar-refractivity contribution >= 4 is 16.8 Å². The minimum atomic E-state index is -0.967. The highest BCUT2D eigenvalue weighted by atomic mass is 32.2. The lowest BCUT2D eigenvalue weighted by molar-refractivity contribution is 0.0697. The summed E-state index contributed by atoms with van der Waals surface area (Å²) in [4.78, 5) is 10.8. The van der Waals surface area contributed by atoms with E-state index in [4.69, 9.17) is 9.84 Å². The van der Waals surface area contributed by atoms with Crippen LogP contribution in [0.2, 0.25) is 0 Å². The maximum absolute atomic E-state index is 11.7. The monoisotopic (exact) mass is 256 g/mol. The van der Waals surface area contributed by atoms with Gasteiger partial charge in [-0.05, 0) is 24.1 Å². The molecule has 0 aliphatic rings. The molecule has 0 spiro atoms. The van der Waals surface area contributed by atoms with Gasteiger partial charge in [0.1, 0.15) is 0 Å². The first-order valence-electron chi connectivity index (χ1n) is 5.29. The van der Waals surface area contributed by atoms with Crippen LogP contribution >= 0.6 is 0 Å². The molecule has 0 amide bonds. The van der Waals surface area contributed by atoms with Crippen molar-refractivity contribution in [1.29, 1.82) is 0 Å². The third-order valence-corrected chi connectivity index (χ3v) is 3.62. The van der Waals surface area contributed by atoms with Crippen molar-refractivity contribution in [2.45, 2.75) is 12.2 Å².